The summed E-state index contributed by atoms with van der Waals surface area (Å²) >= 11 is 1.95. The molecular formula is C14H28N2O2S. The van der Waals surface area contributed by atoms with Crippen molar-refractivity contribution in [2.75, 3.05) is 33.1 Å². The maximum absolute atomic E-state index is 11.8. The van der Waals surface area contributed by atoms with Crippen molar-refractivity contribution in [3.05, 3.63) is 0 Å². The fraction of sp³-hybridized carbons (Fsp3) is 0.929. The second kappa shape index (κ2) is 8.82. The van der Waals surface area contributed by atoms with Gasteiger partial charge in [0, 0.05) is 24.9 Å². The number of thioether (sulfide) groups is 1. The second-order valence-electron chi connectivity index (χ2n) is 5.33. The summed E-state index contributed by atoms with van der Waals surface area (Å²) in [5, 5.41) is 6.27. The van der Waals surface area contributed by atoms with Gasteiger partial charge in [0.05, 0.1) is 12.6 Å². The van der Waals surface area contributed by atoms with Gasteiger partial charge in [-0.1, -0.05) is 19.3 Å². The molecule has 0 aromatic carbocycles. The molecule has 1 aliphatic carbocycles. The van der Waals surface area contributed by atoms with Crippen LogP contribution in [0.3, 0.4) is 0 Å². The Balaban J connectivity index is 2.30. The molecule has 1 amide bonds. The summed E-state index contributed by atoms with van der Waals surface area (Å²) in [5.74, 6) is 0.0594. The lowest BCUT2D eigenvalue weighted by atomic mass is 9.88. The summed E-state index contributed by atoms with van der Waals surface area (Å²) < 4.78 is 5.25. The highest BCUT2D eigenvalue weighted by molar-refractivity contribution is 8.00. The van der Waals surface area contributed by atoms with Gasteiger partial charge >= 0.3 is 0 Å². The highest BCUT2D eigenvalue weighted by atomic mass is 32.2. The minimum absolute atomic E-state index is 0.0594. The molecule has 1 rings (SSSR count). The summed E-state index contributed by atoms with van der Waals surface area (Å²) in [6.45, 7) is 3.99. The smallest absolute Gasteiger partial charge is 0.236 e. The molecule has 1 saturated carbocycles. The Hall–Kier alpha value is -0.260. The van der Waals surface area contributed by atoms with E-state index in [0.717, 1.165) is 6.54 Å². The van der Waals surface area contributed by atoms with Gasteiger partial charge in [0.25, 0.3) is 0 Å². The summed E-state index contributed by atoms with van der Waals surface area (Å²) in [6, 6.07) is -0.136. The molecule has 0 heterocycles. The first-order chi connectivity index (χ1) is 9.13. The van der Waals surface area contributed by atoms with Crippen molar-refractivity contribution >= 4 is 17.7 Å². The first kappa shape index (κ1) is 16.8. The van der Waals surface area contributed by atoms with Crippen LogP contribution in [0.2, 0.25) is 0 Å². The maximum atomic E-state index is 11.8. The monoisotopic (exact) mass is 288 g/mol. The van der Waals surface area contributed by atoms with E-state index in [1.807, 2.05) is 18.7 Å². The van der Waals surface area contributed by atoms with Crippen LogP contribution in [0.4, 0.5) is 0 Å². The van der Waals surface area contributed by atoms with E-state index in [0.29, 0.717) is 17.9 Å². The summed E-state index contributed by atoms with van der Waals surface area (Å²) in [6.07, 6.45) is 8.71. The number of amides is 1. The molecule has 112 valence electrons. The van der Waals surface area contributed by atoms with Crippen molar-refractivity contribution in [3.63, 3.8) is 0 Å². The molecule has 19 heavy (non-hydrogen) atoms. The van der Waals surface area contributed by atoms with Crippen molar-refractivity contribution in [3.8, 4) is 0 Å². The normalized spacial score (nSPS) is 19.9. The van der Waals surface area contributed by atoms with E-state index in [-0.39, 0.29) is 11.9 Å². The number of carbonyl (C=O) groups excluding carboxylic acids is 1. The topological polar surface area (TPSA) is 50.4 Å². The minimum atomic E-state index is -0.136. The zero-order chi connectivity index (χ0) is 14.1. The summed E-state index contributed by atoms with van der Waals surface area (Å²) in [4.78, 5) is 11.8. The van der Waals surface area contributed by atoms with Crippen LogP contribution in [0.5, 0.6) is 0 Å². The SMILES string of the molecule is COCCNC(=O)C(C)NCC1(SC)CCCCC1. The molecule has 0 saturated heterocycles. The Morgan fingerprint density at radius 2 is 2.05 bits per heavy atom. The van der Waals surface area contributed by atoms with Gasteiger partial charge < -0.3 is 15.4 Å². The number of ether oxygens (including phenoxy) is 1. The average molecular weight is 288 g/mol. The van der Waals surface area contributed by atoms with E-state index < -0.39 is 0 Å². The van der Waals surface area contributed by atoms with Gasteiger partial charge in [0.2, 0.25) is 5.91 Å². The molecule has 2 N–H and O–H groups in total. The van der Waals surface area contributed by atoms with E-state index in [2.05, 4.69) is 16.9 Å². The van der Waals surface area contributed by atoms with E-state index in [4.69, 9.17) is 4.74 Å². The summed E-state index contributed by atoms with van der Waals surface area (Å²) in [5.41, 5.74) is 0. The number of methoxy groups -OCH3 is 1. The molecule has 0 aromatic rings. The largest absolute Gasteiger partial charge is 0.383 e. The van der Waals surface area contributed by atoms with Crippen molar-refractivity contribution in [1.29, 1.82) is 0 Å². The van der Waals surface area contributed by atoms with Crippen LogP contribution in [0.1, 0.15) is 39.0 Å². The quantitative estimate of drug-likeness (QED) is 0.669. The average Bonchev–Trinajstić information content (AvgIpc) is 2.46. The van der Waals surface area contributed by atoms with Crippen LogP contribution >= 0.6 is 11.8 Å². The number of nitrogens with one attached hydrogen (secondary N) is 2. The lowest BCUT2D eigenvalue weighted by Gasteiger charge is -2.36. The Morgan fingerprint density at radius 1 is 1.37 bits per heavy atom. The van der Waals surface area contributed by atoms with Gasteiger partial charge in [-0.3, -0.25) is 4.79 Å². The van der Waals surface area contributed by atoms with Crippen molar-refractivity contribution < 1.29 is 9.53 Å². The third kappa shape index (κ3) is 5.71. The first-order valence-electron chi connectivity index (χ1n) is 7.19. The standard InChI is InChI=1S/C14H28N2O2S/c1-12(13(17)15-9-10-18-2)16-11-14(19-3)7-5-4-6-8-14/h12,16H,4-11H2,1-3H3,(H,15,17). The van der Waals surface area contributed by atoms with Crippen LogP contribution in [0.15, 0.2) is 0 Å². The Morgan fingerprint density at radius 3 is 2.63 bits per heavy atom. The van der Waals surface area contributed by atoms with Gasteiger partial charge in [-0.25, -0.2) is 0 Å². The lowest BCUT2D eigenvalue weighted by Crippen LogP contribution is -2.48. The van der Waals surface area contributed by atoms with Crippen LogP contribution in [0.25, 0.3) is 0 Å². The fourth-order valence-electron chi connectivity index (χ4n) is 2.51. The highest BCUT2D eigenvalue weighted by Crippen LogP contribution is 2.37. The van der Waals surface area contributed by atoms with E-state index in [9.17, 15) is 4.79 Å². The number of hydrogen-bond acceptors (Lipinski definition) is 4. The predicted octanol–water partition coefficient (Wildman–Crippen LogP) is 1.79. The third-order valence-corrected chi connectivity index (χ3v) is 5.35. The Bertz CT molecular complexity index is 268. The van der Waals surface area contributed by atoms with Gasteiger partial charge in [-0.05, 0) is 26.0 Å². The van der Waals surface area contributed by atoms with Crippen molar-refractivity contribution in [1.82, 2.24) is 10.6 Å². The molecule has 0 aromatic heterocycles. The van der Waals surface area contributed by atoms with Crippen LogP contribution in [0, 0.1) is 0 Å². The van der Waals surface area contributed by atoms with Crippen LogP contribution in [-0.4, -0.2) is 49.8 Å². The van der Waals surface area contributed by atoms with E-state index >= 15 is 0 Å². The van der Waals surface area contributed by atoms with E-state index in [1.54, 1.807) is 7.11 Å². The van der Waals surface area contributed by atoms with Crippen LogP contribution in [-0.2, 0) is 9.53 Å². The lowest BCUT2D eigenvalue weighted by molar-refractivity contribution is -0.122. The van der Waals surface area contributed by atoms with Gasteiger partial charge in [0.15, 0.2) is 0 Å². The van der Waals surface area contributed by atoms with Crippen molar-refractivity contribution in [2.45, 2.75) is 49.8 Å². The van der Waals surface area contributed by atoms with Gasteiger partial charge in [-0.2, -0.15) is 11.8 Å². The molecule has 1 unspecified atom stereocenters. The molecule has 5 heteroatoms. The van der Waals surface area contributed by atoms with Crippen LogP contribution < -0.4 is 10.6 Å². The molecule has 1 fully saturated rings. The molecule has 1 aliphatic rings. The molecule has 0 bridgehead atoms. The first-order valence-corrected chi connectivity index (χ1v) is 8.41. The Labute approximate surface area is 121 Å². The molecule has 0 spiro atoms. The zero-order valence-electron chi connectivity index (χ0n) is 12.5. The predicted molar refractivity (Wildman–Crippen MR) is 81.7 cm³/mol. The molecule has 1 atom stereocenters. The third-order valence-electron chi connectivity index (χ3n) is 3.93. The van der Waals surface area contributed by atoms with Gasteiger partial charge in [0.1, 0.15) is 0 Å². The fourth-order valence-corrected chi connectivity index (χ4v) is 3.43. The summed E-state index contributed by atoms with van der Waals surface area (Å²) in [7, 11) is 1.64. The second-order valence-corrected chi connectivity index (χ2v) is 6.61. The minimum Gasteiger partial charge on any atom is -0.383 e. The van der Waals surface area contributed by atoms with E-state index in [1.165, 1.54) is 32.1 Å². The number of rotatable bonds is 8. The maximum Gasteiger partial charge on any atom is 0.236 e. The molecule has 4 nitrogen and oxygen atoms in total. The highest BCUT2D eigenvalue weighted by Gasteiger charge is 2.31. The number of carbonyl (C=O) groups is 1. The number of hydrogen-bond donors (Lipinski definition) is 2. The van der Waals surface area contributed by atoms with Crippen molar-refractivity contribution in [2.24, 2.45) is 0 Å². The Kier molecular flexibility index (Phi) is 7.80. The van der Waals surface area contributed by atoms with Gasteiger partial charge in [-0.15, -0.1) is 0 Å². The molecule has 0 aliphatic heterocycles. The molecule has 0 radical (unpaired) electrons. The zero-order valence-corrected chi connectivity index (χ0v) is 13.3. The molecular weight excluding hydrogens is 260 g/mol.